The number of aliphatic imine (C=N–C) groups is 1. The number of ether oxygens (including phenoxy) is 1. The highest BCUT2D eigenvalue weighted by Gasteiger charge is 2.48. The molecular weight excluding hydrogens is 526 g/mol. The lowest BCUT2D eigenvalue weighted by molar-refractivity contribution is 0.0892. The molecule has 3 aromatic heterocycles. The highest BCUT2D eigenvalue weighted by molar-refractivity contribution is 8.15. The average molecular weight is 548 g/mol. The van der Waals surface area contributed by atoms with Gasteiger partial charge in [0, 0.05) is 23.5 Å². The number of benzene rings is 1. The Balaban J connectivity index is 1.46. The second-order valence-corrected chi connectivity index (χ2v) is 10.6. The number of aromatic nitrogens is 4. The van der Waals surface area contributed by atoms with Crippen molar-refractivity contribution >= 4 is 39.5 Å². The summed E-state index contributed by atoms with van der Waals surface area (Å²) in [6.07, 6.45) is 2.71. The largest absolute Gasteiger partial charge is 0.467 e. The summed E-state index contributed by atoms with van der Waals surface area (Å²) < 4.78 is 66.5. The Morgan fingerprint density at radius 1 is 1.18 bits per heavy atom. The molecule has 38 heavy (non-hydrogen) atoms. The molecule has 3 N–H and O–H groups in total. The number of nitrogens with two attached hydrogens (primary N) is 1. The number of fused-ring (bicyclic) bond motifs is 1. The molecule has 198 valence electrons. The quantitative estimate of drug-likeness (QED) is 0.296. The minimum Gasteiger partial charge on any atom is -0.467 e. The van der Waals surface area contributed by atoms with E-state index in [1.807, 2.05) is 0 Å². The third-order valence-corrected chi connectivity index (χ3v) is 7.08. The Hall–Kier alpha value is -3.94. The van der Waals surface area contributed by atoms with Crippen molar-refractivity contribution in [3.63, 3.8) is 0 Å². The van der Waals surface area contributed by atoms with Crippen LogP contribution in [-0.4, -0.2) is 36.3 Å². The maximum Gasteiger partial charge on any atom is 0.253 e. The lowest BCUT2D eigenvalue weighted by atomic mass is 9.82. The molecule has 4 heterocycles. The van der Waals surface area contributed by atoms with Crippen molar-refractivity contribution in [3.05, 3.63) is 66.1 Å². The third kappa shape index (κ3) is 4.95. The van der Waals surface area contributed by atoms with E-state index in [1.165, 1.54) is 44.8 Å². The Morgan fingerprint density at radius 3 is 2.74 bits per heavy atom. The molecule has 5 rings (SSSR count). The van der Waals surface area contributed by atoms with Crippen molar-refractivity contribution in [1.29, 1.82) is 0 Å². The molecule has 0 saturated heterocycles. The summed E-state index contributed by atoms with van der Waals surface area (Å²) in [5.41, 5.74) is 4.93. The smallest absolute Gasteiger partial charge is 0.253 e. The van der Waals surface area contributed by atoms with Gasteiger partial charge in [-0.1, -0.05) is 11.8 Å². The fraction of sp³-hybridized carbons (Fsp3) is 0.292. The van der Waals surface area contributed by atoms with E-state index in [0.29, 0.717) is 16.9 Å². The van der Waals surface area contributed by atoms with Gasteiger partial charge in [-0.3, -0.25) is 4.99 Å². The Morgan fingerprint density at radius 2 is 2.00 bits per heavy atom. The highest BCUT2D eigenvalue weighted by atomic mass is 32.2. The minimum atomic E-state index is -2.77. The van der Waals surface area contributed by atoms with E-state index in [4.69, 9.17) is 14.9 Å². The molecule has 0 unspecified atom stereocenters. The number of thioether (sulfide) groups is 1. The van der Waals surface area contributed by atoms with Gasteiger partial charge in [0.1, 0.15) is 11.8 Å². The van der Waals surface area contributed by atoms with E-state index >= 15 is 4.39 Å². The van der Waals surface area contributed by atoms with Crippen LogP contribution in [0.15, 0.2) is 52.5 Å². The number of nitrogens with one attached hydrogen (secondary N) is 1. The average Bonchev–Trinajstić information content (AvgIpc) is 3.38. The summed E-state index contributed by atoms with van der Waals surface area (Å²) >= 11 is 0.718. The van der Waals surface area contributed by atoms with Gasteiger partial charge in [-0.15, -0.1) is 0 Å². The fourth-order valence-corrected chi connectivity index (χ4v) is 5.45. The van der Waals surface area contributed by atoms with Gasteiger partial charge in [-0.25, -0.2) is 37.5 Å². The van der Waals surface area contributed by atoms with Crippen molar-refractivity contribution < 1.29 is 26.7 Å². The van der Waals surface area contributed by atoms with Gasteiger partial charge in [0.25, 0.3) is 6.43 Å². The molecule has 0 fully saturated rings. The van der Waals surface area contributed by atoms with E-state index in [1.54, 1.807) is 6.07 Å². The van der Waals surface area contributed by atoms with E-state index in [-0.39, 0.29) is 41.1 Å². The van der Waals surface area contributed by atoms with Crippen LogP contribution in [-0.2, 0) is 12.1 Å². The van der Waals surface area contributed by atoms with Crippen LogP contribution in [0.5, 0.6) is 5.88 Å². The summed E-state index contributed by atoms with van der Waals surface area (Å²) in [4.78, 5) is 21.2. The maximum absolute atomic E-state index is 15.0. The first-order chi connectivity index (χ1) is 18.1. The summed E-state index contributed by atoms with van der Waals surface area (Å²) in [5, 5.41) is 2.79. The number of alkyl halides is 2. The predicted molar refractivity (Wildman–Crippen MR) is 133 cm³/mol. The first kappa shape index (κ1) is 25.7. The number of oxazole rings is 1. The molecule has 0 amide bonds. The second kappa shape index (κ2) is 9.74. The lowest BCUT2D eigenvalue weighted by Crippen LogP contribution is -2.44. The Kier molecular flexibility index (Phi) is 6.59. The summed E-state index contributed by atoms with van der Waals surface area (Å²) in [6, 6.07) is 3.84. The van der Waals surface area contributed by atoms with E-state index in [0.717, 1.165) is 17.8 Å². The molecule has 1 aromatic carbocycles. The summed E-state index contributed by atoms with van der Waals surface area (Å²) in [5.74, 6) is -1.61. The second-order valence-electron chi connectivity index (χ2n) is 9.01. The van der Waals surface area contributed by atoms with Gasteiger partial charge in [0.05, 0.1) is 28.2 Å². The fourth-order valence-electron chi connectivity index (χ4n) is 4.28. The maximum atomic E-state index is 15.0. The van der Waals surface area contributed by atoms with Crippen LogP contribution in [0.25, 0.3) is 11.0 Å². The van der Waals surface area contributed by atoms with Crippen molar-refractivity contribution in [2.24, 2.45) is 10.7 Å². The van der Waals surface area contributed by atoms with E-state index in [2.05, 4.69) is 30.2 Å². The van der Waals surface area contributed by atoms with Crippen LogP contribution in [0, 0.1) is 11.6 Å². The Bertz CT molecular complexity index is 1520. The van der Waals surface area contributed by atoms with Gasteiger partial charge >= 0.3 is 0 Å². The standard InChI is InChI=1S/C24H21F4N7O2S/c1-23(11-24(2,21(27)28)38-22(29)35-23)13-7-12(8-14(25)18(13)26)33-20-19-15(3-4-31-20)34-16(9-32-19)37-10-17-30-5-6-36-17/h3-9,21H,10-11H2,1-2H3,(H2,29,35)(H,31,33)/t23-,24+/m0/s1. The van der Waals surface area contributed by atoms with E-state index < -0.39 is 28.3 Å². The lowest BCUT2D eigenvalue weighted by Gasteiger charge is -2.40. The molecular formula is C24H21F4N7O2S. The highest BCUT2D eigenvalue weighted by Crippen LogP contribution is 2.49. The van der Waals surface area contributed by atoms with E-state index in [9.17, 15) is 13.2 Å². The van der Waals surface area contributed by atoms with Crippen LogP contribution in [0.1, 0.15) is 31.7 Å². The van der Waals surface area contributed by atoms with Crippen molar-refractivity contribution in [1.82, 2.24) is 19.9 Å². The van der Waals surface area contributed by atoms with Gasteiger partial charge in [0.15, 0.2) is 29.2 Å². The van der Waals surface area contributed by atoms with Gasteiger partial charge < -0.3 is 20.2 Å². The van der Waals surface area contributed by atoms with Crippen molar-refractivity contribution in [3.8, 4) is 5.88 Å². The molecule has 1 aliphatic rings. The first-order valence-electron chi connectivity index (χ1n) is 11.3. The zero-order valence-electron chi connectivity index (χ0n) is 20.1. The number of hydrogen-bond acceptors (Lipinski definition) is 10. The summed E-state index contributed by atoms with van der Waals surface area (Å²) in [6.45, 7) is 2.82. The molecule has 9 nitrogen and oxygen atoms in total. The molecule has 0 aliphatic carbocycles. The molecule has 0 bridgehead atoms. The van der Waals surface area contributed by atoms with Crippen LogP contribution < -0.4 is 15.8 Å². The number of amidine groups is 1. The van der Waals surface area contributed by atoms with Gasteiger partial charge in [-0.2, -0.15) is 0 Å². The number of nitrogens with zero attached hydrogens (tertiary/aromatic N) is 5. The van der Waals surface area contributed by atoms with Gasteiger partial charge in [0.2, 0.25) is 11.8 Å². The normalized spacial score (nSPS) is 21.5. The molecule has 0 radical (unpaired) electrons. The molecule has 14 heteroatoms. The molecule has 4 aromatic rings. The summed E-state index contributed by atoms with van der Waals surface area (Å²) in [7, 11) is 0. The number of halogens is 4. The first-order valence-corrected chi connectivity index (χ1v) is 12.1. The number of rotatable bonds is 7. The minimum absolute atomic E-state index is 0.0515. The van der Waals surface area contributed by atoms with Crippen LogP contribution in [0.4, 0.5) is 29.1 Å². The van der Waals surface area contributed by atoms with Crippen molar-refractivity contribution in [2.45, 2.75) is 43.6 Å². The van der Waals surface area contributed by atoms with Crippen LogP contribution in [0.2, 0.25) is 0 Å². The van der Waals surface area contributed by atoms with Crippen molar-refractivity contribution in [2.75, 3.05) is 5.32 Å². The molecule has 0 saturated carbocycles. The monoisotopic (exact) mass is 547 g/mol. The number of anilines is 2. The Labute approximate surface area is 217 Å². The molecule has 2 atom stereocenters. The molecule has 0 spiro atoms. The SMILES string of the molecule is C[C@]1(C(F)F)C[C@@](C)(c2cc(Nc3nccc4nc(OCc5ncco5)cnc34)cc(F)c2F)N=C(N)S1. The number of hydrogen-bond donors (Lipinski definition) is 2. The zero-order valence-corrected chi connectivity index (χ0v) is 20.9. The topological polar surface area (TPSA) is 124 Å². The molecule has 1 aliphatic heterocycles. The van der Waals surface area contributed by atoms with Crippen LogP contribution >= 0.6 is 11.8 Å². The zero-order chi connectivity index (χ0) is 27.1. The van der Waals surface area contributed by atoms with Gasteiger partial charge in [-0.05, 0) is 32.4 Å². The number of pyridine rings is 1. The third-order valence-electron chi connectivity index (χ3n) is 5.99. The van der Waals surface area contributed by atoms with Crippen LogP contribution in [0.3, 0.4) is 0 Å². The predicted octanol–water partition coefficient (Wildman–Crippen LogP) is 5.30.